The zero-order valence-electron chi connectivity index (χ0n) is 13.2. The van der Waals surface area contributed by atoms with E-state index >= 15 is 0 Å². The Balaban J connectivity index is 1.62. The molecule has 1 aromatic heterocycles. The number of alkyl halides is 3. The number of nitrogens with one attached hydrogen (secondary N) is 1. The first-order valence-electron chi connectivity index (χ1n) is 7.79. The van der Waals surface area contributed by atoms with Crippen LogP contribution >= 0.6 is 0 Å². The Morgan fingerprint density at radius 1 is 1.28 bits per heavy atom. The monoisotopic (exact) mass is 354 g/mol. The van der Waals surface area contributed by atoms with E-state index in [0.29, 0.717) is 25.9 Å². The van der Waals surface area contributed by atoms with Crippen LogP contribution in [0.5, 0.6) is 0 Å². The Kier molecular flexibility index (Phi) is 4.56. The highest BCUT2D eigenvalue weighted by Crippen LogP contribution is 2.35. The van der Waals surface area contributed by atoms with E-state index in [1.54, 1.807) is 6.07 Å². The minimum absolute atomic E-state index is 0.118. The molecule has 2 aromatic rings. The summed E-state index contributed by atoms with van der Waals surface area (Å²) in [6.45, 7) is 0.828. The number of carbonyl (C=O) groups excluding carboxylic acids is 1. The highest BCUT2D eigenvalue weighted by atomic mass is 19.4. The standard InChI is InChI=1S/C16H17F3N4O2/c17-16(18,19)11-3-1-2-4-12(11)21-15(24)23-7-5-10(6-8-23)13-9-14(20)25-22-13/h1-4,9-10H,5-8,20H2,(H,21,24). The van der Waals surface area contributed by atoms with E-state index in [1.807, 2.05) is 0 Å². The summed E-state index contributed by atoms with van der Waals surface area (Å²) in [6, 6.07) is 6.03. The minimum atomic E-state index is -4.52. The predicted molar refractivity (Wildman–Crippen MR) is 84.9 cm³/mol. The van der Waals surface area contributed by atoms with E-state index in [2.05, 4.69) is 10.5 Å². The number of amides is 2. The summed E-state index contributed by atoms with van der Waals surface area (Å²) in [5.74, 6) is 0.353. The van der Waals surface area contributed by atoms with Gasteiger partial charge in [0.15, 0.2) is 0 Å². The van der Waals surface area contributed by atoms with Gasteiger partial charge in [-0.2, -0.15) is 13.2 Å². The van der Waals surface area contributed by atoms with Gasteiger partial charge in [-0.05, 0) is 25.0 Å². The lowest BCUT2D eigenvalue weighted by Gasteiger charge is -2.31. The summed E-state index contributed by atoms with van der Waals surface area (Å²) in [4.78, 5) is 13.8. The molecule has 1 aromatic carbocycles. The molecule has 9 heteroatoms. The predicted octanol–water partition coefficient (Wildman–Crippen LogP) is 3.69. The van der Waals surface area contributed by atoms with Gasteiger partial charge in [0.1, 0.15) is 0 Å². The normalized spacial score (nSPS) is 16.0. The summed E-state index contributed by atoms with van der Waals surface area (Å²) >= 11 is 0. The number of nitrogens with two attached hydrogens (primary N) is 1. The number of nitrogen functional groups attached to an aromatic ring is 1. The van der Waals surface area contributed by atoms with Crippen molar-refractivity contribution in [3.63, 3.8) is 0 Å². The number of halogens is 3. The Morgan fingerprint density at radius 2 is 1.96 bits per heavy atom. The van der Waals surface area contributed by atoms with Gasteiger partial charge < -0.3 is 20.5 Å². The molecule has 0 unspecified atom stereocenters. The second-order valence-corrected chi connectivity index (χ2v) is 5.89. The average molecular weight is 354 g/mol. The number of likely N-dealkylation sites (tertiary alicyclic amines) is 1. The van der Waals surface area contributed by atoms with E-state index in [9.17, 15) is 18.0 Å². The molecule has 134 valence electrons. The molecule has 1 aliphatic rings. The summed E-state index contributed by atoms with van der Waals surface area (Å²) in [6.07, 6.45) is -3.25. The number of hydrogen-bond acceptors (Lipinski definition) is 4. The second kappa shape index (κ2) is 6.66. The fourth-order valence-electron chi connectivity index (χ4n) is 2.91. The molecular weight excluding hydrogens is 337 g/mol. The number of urea groups is 1. The average Bonchev–Trinajstić information content (AvgIpc) is 3.01. The van der Waals surface area contributed by atoms with E-state index in [0.717, 1.165) is 11.8 Å². The summed E-state index contributed by atoms with van der Waals surface area (Å²) in [5.41, 5.74) is 5.13. The van der Waals surface area contributed by atoms with Crippen LogP contribution in [0.25, 0.3) is 0 Å². The molecule has 3 N–H and O–H groups in total. The van der Waals surface area contributed by atoms with Gasteiger partial charge in [0, 0.05) is 25.1 Å². The number of benzene rings is 1. The first-order chi connectivity index (χ1) is 11.8. The largest absolute Gasteiger partial charge is 0.418 e. The molecule has 1 fully saturated rings. The molecule has 0 aliphatic carbocycles. The molecular formula is C16H17F3N4O2. The van der Waals surface area contributed by atoms with Crippen LogP contribution in [0.2, 0.25) is 0 Å². The molecule has 0 saturated carbocycles. The maximum atomic E-state index is 13.0. The number of aromatic nitrogens is 1. The van der Waals surface area contributed by atoms with Gasteiger partial charge in [0.25, 0.3) is 0 Å². The third-order valence-corrected chi connectivity index (χ3v) is 4.22. The Labute approximate surface area is 141 Å². The van der Waals surface area contributed by atoms with Crippen molar-refractivity contribution in [2.75, 3.05) is 24.1 Å². The van der Waals surface area contributed by atoms with Gasteiger partial charge in [-0.3, -0.25) is 0 Å². The lowest BCUT2D eigenvalue weighted by Crippen LogP contribution is -2.40. The zero-order valence-corrected chi connectivity index (χ0v) is 13.2. The second-order valence-electron chi connectivity index (χ2n) is 5.89. The molecule has 0 bridgehead atoms. The van der Waals surface area contributed by atoms with Gasteiger partial charge in [-0.25, -0.2) is 4.79 Å². The maximum Gasteiger partial charge on any atom is 0.418 e. The first kappa shape index (κ1) is 17.1. The lowest BCUT2D eigenvalue weighted by atomic mass is 9.94. The fraction of sp³-hybridized carbons (Fsp3) is 0.375. The quantitative estimate of drug-likeness (QED) is 0.861. The lowest BCUT2D eigenvalue weighted by molar-refractivity contribution is -0.136. The fourth-order valence-corrected chi connectivity index (χ4v) is 2.91. The van der Waals surface area contributed by atoms with Gasteiger partial charge >= 0.3 is 12.2 Å². The van der Waals surface area contributed by atoms with Gasteiger partial charge in [-0.1, -0.05) is 17.3 Å². The smallest absolute Gasteiger partial charge is 0.368 e. The van der Waals surface area contributed by atoms with Crippen LogP contribution in [0.1, 0.15) is 30.0 Å². The molecule has 1 saturated heterocycles. The maximum absolute atomic E-state index is 13.0. The van der Waals surface area contributed by atoms with E-state index in [1.165, 1.54) is 23.1 Å². The van der Waals surface area contributed by atoms with Crippen molar-refractivity contribution in [1.82, 2.24) is 10.1 Å². The van der Waals surface area contributed by atoms with Gasteiger partial charge in [0.2, 0.25) is 5.88 Å². The van der Waals surface area contributed by atoms with Crippen molar-refractivity contribution in [2.24, 2.45) is 0 Å². The van der Waals surface area contributed by atoms with Crippen molar-refractivity contribution in [1.29, 1.82) is 0 Å². The van der Waals surface area contributed by atoms with Crippen molar-refractivity contribution < 1.29 is 22.5 Å². The molecule has 0 spiro atoms. The van der Waals surface area contributed by atoms with E-state index in [-0.39, 0.29) is 17.5 Å². The molecule has 1 aliphatic heterocycles. The number of para-hydroxylation sites is 1. The van der Waals surface area contributed by atoms with Crippen LogP contribution < -0.4 is 11.1 Å². The molecule has 2 heterocycles. The SMILES string of the molecule is Nc1cc(C2CCN(C(=O)Nc3ccccc3C(F)(F)F)CC2)no1. The Bertz CT molecular complexity index is 752. The van der Waals surface area contributed by atoms with Crippen LogP contribution in [-0.2, 0) is 6.18 Å². The number of hydrogen-bond donors (Lipinski definition) is 2. The van der Waals surface area contributed by atoms with Crippen LogP contribution in [0, 0.1) is 0 Å². The minimum Gasteiger partial charge on any atom is -0.368 e. The highest BCUT2D eigenvalue weighted by molar-refractivity contribution is 5.90. The van der Waals surface area contributed by atoms with Crippen LogP contribution in [0.3, 0.4) is 0 Å². The van der Waals surface area contributed by atoms with Crippen molar-refractivity contribution in [3.8, 4) is 0 Å². The molecule has 0 radical (unpaired) electrons. The summed E-state index contributed by atoms with van der Waals surface area (Å²) < 4.78 is 43.8. The Morgan fingerprint density at radius 3 is 2.56 bits per heavy atom. The highest BCUT2D eigenvalue weighted by Gasteiger charge is 2.34. The summed E-state index contributed by atoms with van der Waals surface area (Å²) in [5, 5.41) is 6.23. The molecule has 0 atom stereocenters. The van der Waals surface area contributed by atoms with Crippen LogP contribution in [0.4, 0.5) is 29.5 Å². The number of nitrogens with zero attached hydrogens (tertiary/aromatic N) is 2. The van der Waals surface area contributed by atoms with Gasteiger partial charge in [-0.15, -0.1) is 0 Å². The number of carbonyl (C=O) groups is 1. The molecule has 3 rings (SSSR count). The number of rotatable bonds is 2. The first-order valence-corrected chi connectivity index (χ1v) is 7.79. The van der Waals surface area contributed by atoms with E-state index < -0.39 is 17.8 Å². The van der Waals surface area contributed by atoms with Crippen molar-refractivity contribution in [3.05, 3.63) is 41.6 Å². The Hall–Kier alpha value is -2.71. The molecule has 6 nitrogen and oxygen atoms in total. The van der Waals surface area contributed by atoms with Crippen LogP contribution in [0.15, 0.2) is 34.9 Å². The topological polar surface area (TPSA) is 84.4 Å². The van der Waals surface area contributed by atoms with Gasteiger partial charge in [0.05, 0.1) is 16.9 Å². The van der Waals surface area contributed by atoms with Crippen LogP contribution in [-0.4, -0.2) is 29.2 Å². The third-order valence-electron chi connectivity index (χ3n) is 4.22. The zero-order chi connectivity index (χ0) is 18.0. The van der Waals surface area contributed by atoms with Crippen molar-refractivity contribution in [2.45, 2.75) is 24.9 Å². The third kappa shape index (κ3) is 3.86. The summed E-state index contributed by atoms with van der Waals surface area (Å²) in [7, 11) is 0. The van der Waals surface area contributed by atoms with Crippen molar-refractivity contribution >= 4 is 17.6 Å². The number of piperidine rings is 1. The molecule has 2 amide bonds. The van der Waals surface area contributed by atoms with E-state index in [4.69, 9.17) is 10.3 Å². The number of anilines is 2. The molecule has 25 heavy (non-hydrogen) atoms.